The molecule has 0 amide bonds. The average Bonchev–Trinajstić information content (AvgIpc) is 2.72. The number of aromatic nitrogens is 2. The Morgan fingerprint density at radius 3 is 3.14 bits per heavy atom. The van der Waals surface area contributed by atoms with Crippen molar-refractivity contribution in [3.8, 4) is 0 Å². The molecule has 0 radical (unpaired) electrons. The second-order valence-corrected chi connectivity index (χ2v) is 3.52. The smallest absolute Gasteiger partial charge is 0.1000 e. The third kappa shape index (κ3) is 2.27. The van der Waals surface area contributed by atoms with E-state index in [1.54, 1.807) is 18.6 Å². The molecule has 0 saturated carbocycles. The molecule has 2 atom stereocenters. The summed E-state index contributed by atoms with van der Waals surface area (Å²) in [7, 11) is 0. The van der Waals surface area contributed by atoms with Crippen LogP contribution in [0.25, 0.3) is 0 Å². The summed E-state index contributed by atoms with van der Waals surface area (Å²) in [5.41, 5.74) is 0.628. The van der Waals surface area contributed by atoms with Crippen LogP contribution in [0, 0.1) is 0 Å². The Bertz CT molecular complexity index is 273. The second kappa shape index (κ2) is 4.48. The van der Waals surface area contributed by atoms with E-state index in [1.807, 2.05) is 0 Å². The molecule has 14 heavy (non-hydrogen) atoms. The van der Waals surface area contributed by atoms with Crippen molar-refractivity contribution in [3.63, 3.8) is 0 Å². The van der Waals surface area contributed by atoms with Crippen LogP contribution in [-0.2, 0) is 4.74 Å². The highest BCUT2D eigenvalue weighted by Crippen LogP contribution is 2.23. The summed E-state index contributed by atoms with van der Waals surface area (Å²) in [5.74, 6) is 0. The van der Waals surface area contributed by atoms with E-state index in [-0.39, 0.29) is 6.10 Å². The average molecular weight is 194 g/mol. The Kier molecular flexibility index (Phi) is 3.06. The summed E-state index contributed by atoms with van der Waals surface area (Å²) in [6, 6.07) is 0. The SMILES string of the molecule is OC(CC1CCCO1)c1cnccn1. The summed E-state index contributed by atoms with van der Waals surface area (Å²) in [6.45, 7) is 0.817. The van der Waals surface area contributed by atoms with Crippen LogP contribution >= 0.6 is 0 Å². The fourth-order valence-corrected chi connectivity index (χ4v) is 1.68. The van der Waals surface area contributed by atoms with Crippen LogP contribution in [0.5, 0.6) is 0 Å². The van der Waals surface area contributed by atoms with Crippen molar-refractivity contribution in [2.75, 3.05) is 6.61 Å². The van der Waals surface area contributed by atoms with Gasteiger partial charge in [-0.15, -0.1) is 0 Å². The molecule has 4 heteroatoms. The molecule has 1 fully saturated rings. The lowest BCUT2D eigenvalue weighted by Crippen LogP contribution is -2.12. The van der Waals surface area contributed by atoms with E-state index in [9.17, 15) is 5.11 Å². The Morgan fingerprint density at radius 2 is 2.50 bits per heavy atom. The standard InChI is InChI=1S/C10H14N2O2/c13-10(6-8-2-1-5-14-8)9-7-11-3-4-12-9/h3-4,7-8,10,13H,1-2,5-6H2. The molecule has 1 aromatic rings. The lowest BCUT2D eigenvalue weighted by Gasteiger charge is -2.13. The van der Waals surface area contributed by atoms with Crippen LogP contribution in [0.4, 0.5) is 0 Å². The van der Waals surface area contributed by atoms with Crippen molar-refractivity contribution in [2.24, 2.45) is 0 Å². The van der Waals surface area contributed by atoms with E-state index in [0.29, 0.717) is 12.1 Å². The zero-order chi connectivity index (χ0) is 9.80. The maximum atomic E-state index is 9.80. The maximum absolute atomic E-state index is 9.80. The van der Waals surface area contributed by atoms with Gasteiger partial charge in [-0.1, -0.05) is 0 Å². The minimum absolute atomic E-state index is 0.187. The third-order valence-electron chi connectivity index (χ3n) is 2.43. The Hall–Kier alpha value is -1.00. The summed E-state index contributed by atoms with van der Waals surface area (Å²) < 4.78 is 5.44. The molecule has 0 spiro atoms. The molecule has 2 rings (SSSR count). The number of hydrogen-bond acceptors (Lipinski definition) is 4. The van der Waals surface area contributed by atoms with Gasteiger partial charge >= 0.3 is 0 Å². The van der Waals surface area contributed by atoms with Crippen molar-refractivity contribution in [2.45, 2.75) is 31.5 Å². The van der Waals surface area contributed by atoms with Crippen molar-refractivity contribution in [1.29, 1.82) is 0 Å². The van der Waals surface area contributed by atoms with Crippen molar-refractivity contribution in [3.05, 3.63) is 24.3 Å². The lowest BCUT2D eigenvalue weighted by molar-refractivity contribution is 0.0517. The summed E-state index contributed by atoms with van der Waals surface area (Å²) in [6.07, 6.45) is 7.18. The van der Waals surface area contributed by atoms with E-state index in [1.165, 1.54) is 0 Å². The van der Waals surface area contributed by atoms with Gasteiger partial charge in [0.2, 0.25) is 0 Å². The largest absolute Gasteiger partial charge is 0.387 e. The molecule has 0 aliphatic carbocycles. The molecule has 1 saturated heterocycles. The van der Waals surface area contributed by atoms with Crippen LogP contribution in [0.2, 0.25) is 0 Å². The summed E-state index contributed by atoms with van der Waals surface area (Å²) in [4.78, 5) is 7.97. The number of hydrogen-bond donors (Lipinski definition) is 1. The monoisotopic (exact) mass is 194 g/mol. The highest BCUT2D eigenvalue weighted by atomic mass is 16.5. The molecular formula is C10H14N2O2. The first kappa shape index (κ1) is 9.55. The van der Waals surface area contributed by atoms with Crippen LogP contribution in [-0.4, -0.2) is 27.8 Å². The predicted octanol–water partition coefficient (Wildman–Crippen LogP) is 1.08. The highest BCUT2D eigenvalue weighted by Gasteiger charge is 2.20. The van der Waals surface area contributed by atoms with E-state index >= 15 is 0 Å². The van der Waals surface area contributed by atoms with E-state index in [4.69, 9.17) is 4.74 Å². The molecule has 1 aliphatic heterocycles. The van der Waals surface area contributed by atoms with Gasteiger partial charge < -0.3 is 9.84 Å². The van der Waals surface area contributed by atoms with E-state index in [2.05, 4.69) is 9.97 Å². The van der Waals surface area contributed by atoms with Gasteiger partial charge in [-0.3, -0.25) is 9.97 Å². The number of nitrogens with zero attached hydrogens (tertiary/aromatic N) is 2. The highest BCUT2D eigenvalue weighted by molar-refractivity contribution is 4.99. The number of rotatable bonds is 3. The molecule has 2 unspecified atom stereocenters. The van der Waals surface area contributed by atoms with Gasteiger partial charge in [0.25, 0.3) is 0 Å². The Morgan fingerprint density at radius 1 is 1.57 bits per heavy atom. The molecule has 0 bridgehead atoms. The van der Waals surface area contributed by atoms with E-state index < -0.39 is 6.10 Å². The van der Waals surface area contributed by atoms with Gasteiger partial charge in [0.05, 0.1) is 24.1 Å². The van der Waals surface area contributed by atoms with E-state index in [0.717, 1.165) is 19.4 Å². The molecule has 0 aromatic carbocycles. The molecular weight excluding hydrogens is 180 g/mol. The van der Waals surface area contributed by atoms with Gasteiger partial charge in [0.1, 0.15) is 0 Å². The topological polar surface area (TPSA) is 55.2 Å². The van der Waals surface area contributed by atoms with Crippen LogP contribution in [0.15, 0.2) is 18.6 Å². The van der Waals surface area contributed by atoms with Gasteiger partial charge in [0.15, 0.2) is 0 Å². The number of ether oxygens (including phenoxy) is 1. The lowest BCUT2D eigenvalue weighted by atomic mass is 10.1. The minimum atomic E-state index is -0.549. The van der Waals surface area contributed by atoms with Crippen LogP contribution in [0.3, 0.4) is 0 Å². The van der Waals surface area contributed by atoms with Gasteiger partial charge in [-0.25, -0.2) is 0 Å². The number of aliphatic hydroxyl groups is 1. The van der Waals surface area contributed by atoms with Gasteiger partial charge in [-0.05, 0) is 12.8 Å². The molecule has 1 N–H and O–H groups in total. The zero-order valence-corrected chi connectivity index (χ0v) is 7.97. The van der Waals surface area contributed by atoms with Gasteiger partial charge in [-0.2, -0.15) is 0 Å². The summed E-state index contributed by atoms with van der Waals surface area (Å²) in [5, 5.41) is 9.80. The van der Waals surface area contributed by atoms with Crippen molar-refractivity contribution in [1.82, 2.24) is 9.97 Å². The first-order valence-electron chi connectivity index (χ1n) is 4.92. The van der Waals surface area contributed by atoms with Crippen LogP contribution < -0.4 is 0 Å². The quantitative estimate of drug-likeness (QED) is 0.782. The Labute approximate surface area is 83.0 Å². The molecule has 1 aliphatic rings. The van der Waals surface area contributed by atoms with Gasteiger partial charge in [0, 0.05) is 25.4 Å². The first-order valence-corrected chi connectivity index (χ1v) is 4.92. The summed E-state index contributed by atoms with van der Waals surface area (Å²) >= 11 is 0. The fraction of sp³-hybridized carbons (Fsp3) is 0.600. The first-order chi connectivity index (χ1) is 6.86. The Balaban J connectivity index is 1.92. The fourth-order valence-electron chi connectivity index (χ4n) is 1.68. The molecule has 2 heterocycles. The molecule has 76 valence electrons. The molecule has 1 aromatic heterocycles. The predicted molar refractivity (Wildman–Crippen MR) is 50.6 cm³/mol. The normalized spacial score (nSPS) is 23.6. The third-order valence-corrected chi connectivity index (χ3v) is 2.43. The molecule has 4 nitrogen and oxygen atoms in total. The second-order valence-electron chi connectivity index (χ2n) is 3.52. The zero-order valence-electron chi connectivity index (χ0n) is 7.97. The van der Waals surface area contributed by atoms with Crippen LogP contribution in [0.1, 0.15) is 31.1 Å². The van der Waals surface area contributed by atoms with Crippen molar-refractivity contribution < 1.29 is 9.84 Å². The van der Waals surface area contributed by atoms with Crippen molar-refractivity contribution >= 4 is 0 Å². The minimum Gasteiger partial charge on any atom is -0.387 e. The number of aliphatic hydroxyl groups excluding tert-OH is 1. The maximum Gasteiger partial charge on any atom is 0.1000 e.